The minimum atomic E-state index is -4.01. The summed E-state index contributed by atoms with van der Waals surface area (Å²) in [5.74, 6) is 2.38. The van der Waals surface area contributed by atoms with Crippen molar-refractivity contribution in [3.05, 3.63) is 97.1 Å². The van der Waals surface area contributed by atoms with Crippen LogP contribution in [0.15, 0.2) is 102 Å². The molecule has 32 heavy (non-hydrogen) atoms. The largest absolute Gasteiger partial charge is 0.457 e. The fraction of sp³-hybridized carbons (Fsp3) is 0. The summed E-state index contributed by atoms with van der Waals surface area (Å²) in [6, 6.07) is 26.0. The summed E-state index contributed by atoms with van der Waals surface area (Å²) in [6.07, 6.45) is 0. The lowest BCUT2D eigenvalue weighted by Gasteiger charge is -2.10. The summed E-state index contributed by atoms with van der Waals surface area (Å²) < 4.78 is 41.8. The second-order valence-electron chi connectivity index (χ2n) is 6.82. The first kappa shape index (κ1) is 21.1. The molecule has 0 radical (unpaired) electrons. The molecule has 0 saturated carbocycles. The van der Waals surface area contributed by atoms with E-state index in [-0.39, 0.29) is 10.6 Å². The van der Waals surface area contributed by atoms with Crippen LogP contribution in [0.4, 0.5) is 11.4 Å². The highest BCUT2D eigenvalue weighted by molar-refractivity contribution is 7.87. The van der Waals surface area contributed by atoms with Gasteiger partial charge >= 0.3 is 10.1 Å². The highest BCUT2D eigenvalue weighted by atomic mass is 32.2. The van der Waals surface area contributed by atoms with Gasteiger partial charge in [-0.05, 0) is 97.1 Å². The van der Waals surface area contributed by atoms with E-state index in [1.807, 2.05) is 0 Å². The van der Waals surface area contributed by atoms with Crippen LogP contribution in [0.5, 0.6) is 28.7 Å². The van der Waals surface area contributed by atoms with Crippen LogP contribution in [0, 0.1) is 0 Å². The Balaban J connectivity index is 1.40. The average molecular weight is 449 g/mol. The fourth-order valence-electron chi connectivity index (χ4n) is 2.76. The number of nitrogens with two attached hydrogens (primary N) is 2. The molecule has 7 nitrogen and oxygen atoms in total. The zero-order valence-corrected chi connectivity index (χ0v) is 17.7. The Morgan fingerprint density at radius 1 is 0.469 bits per heavy atom. The fourth-order valence-corrected chi connectivity index (χ4v) is 3.69. The zero-order chi connectivity index (χ0) is 22.6. The van der Waals surface area contributed by atoms with Gasteiger partial charge in [0.05, 0.1) is 0 Å². The quantitative estimate of drug-likeness (QED) is 0.295. The first-order chi connectivity index (χ1) is 15.4. The molecule has 0 bridgehead atoms. The van der Waals surface area contributed by atoms with Crippen LogP contribution in [0.25, 0.3) is 0 Å². The smallest absolute Gasteiger partial charge is 0.339 e. The van der Waals surface area contributed by atoms with Crippen molar-refractivity contribution >= 4 is 21.5 Å². The van der Waals surface area contributed by atoms with Crippen molar-refractivity contribution in [2.75, 3.05) is 11.5 Å². The molecule has 4 N–H and O–H groups in total. The molecule has 0 amide bonds. The molecule has 4 aromatic rings. The molecule has 0 aliphatic rings. The van der Waals surface area contributed by atoms with E-state index in [0.29, 0.717) is 34.4 Å². The minimum absolute atomic E-state index is 0.00403. The van der Waals surface area contributed by atoms with Crippen molar-refractivity contribution in [2.45, 2.75) is 4.90 Å². The van der Waals surface area contributed by atoms with Crippen molar-refractivity contribution in [3.63, 3.8) is 0 Å². The predicted octanol–water partition coefficient (Wildman–Crippen LogP) is 5.20. The molecule has 0 fully saturated rings. The third kappa shape index (κ3) is 5.30. The van der Waals surface area contributed by atoms with E-state index in [2.05, 4.69) is 0 Å². The Morgan fingerprint density at radius 2 is 0.781 bits per heavy atom. The molecule has 0 aromatic heterocycles. The highest BCUT2D eigenvalue weighted by Crippen LogP contribution is 2.27. The lowest BCUT2D eigenvalue weighted by atomic mass is 10.3. The van der Waals surface area contributed by atoms with Crippen molar-refractivity contribution in [2.24, 2.45) is 0 Å². The van der Waals surface area contributed by atoms with Gasteiger partial charge in [-0.1, -0.05) is 0 Å². The number of benzene rings is 4. The highest BCUT2D eigenvalue weighted by Gasteiger charge is 2.17. The van der Waals surface area contributed by atoms with Crippen LogP contribution < -0.4 is 25.1 Å². The Kier molecular flexibility index (Phi) is 5.87. The van der Waals surface area contributed by atoms with E-state index in [1.165, 1.54) is 24.3 Å². The van der Waals surface area contributed by atoms with Gasteiger partial charge in [-0.2, -0.15) is 8.42 Å². The van der Waals surface area contributed by atoms with Crippen molar-refractivity contribution in [3.8, 4) is 28.7 Å². The molecule has 4 aromatic carbocycles. The van der Waals surface area contributed by atoms with E-state index in [1.54, 1.807) is 72.8 Å². The van der Waals surface area contributed by atoms with Gasteiger partial charge < -0.3 is 25.1 Å². The topological polar surface area (TPSA) is 114 Å². The molecular formula is C24H20N2O5S. The average Bonchev–Trinajstić information content (AvgIpc) is 2.78. The van der Waals surface area contributed by atoms with Crippen LogP contribution in [0.2, 0.25) is 0 Å². The maximum absolute atomic E-state index is 12.6. The van der Waals surface area contributed by atoms with Crippen molar-refractivity contribution in [1.29, 1.82) is 0 Å². The molecule has 0 atom stereocenters. The minimum Gasteiger partial charge on any atom is -0.457 e. The summed E-state index contributed by atoms with van der Waals surface area (Å²) >= 11 is 0. The van der Waals surface area contributed by atoms with E-state index in [0.717, 1.165) is 0 Å². The van der Waals surface area contributed by atoms with Gasteiger partial charge in [0.15, 0.2) is 0 Å². The lowest BCUT2D eigenvalue weighted by molar-refractivity contribution is 0.473. The van der Waals surface area contributed by atoms with E-state index in [4.69, 9.17) is 25.1 Å². The molecule has 0 saturated heterocycles. The Labute approximate surface area is 185 Å². The third-order valence-electron chi connectivity index (χ3n) is 4.37. The summed E-state index contributed by atoms with van der Waals surface area (Å²) in [6.45, 7) is 0. The zero-order valence-electron chi connectivity index (χ0n) is 16.8. The van der Waals surface area contributed by atoms with Gasteiger partial charge in [0.1, 0.15) is 33.6 Å². The monoisotopic (exact) mass is 448 g/mol. The van der Waals surface area contributed by atoms with E-state index in [9.17, 15) is 8.42 Å². The van der Waals surface area contributed by atoms with Gasteiger partial charge in [-0.25, -0.2) is 0 Å². The van der Waals surface area contributed by atoms with Gasteiger partial charge in [0, 0.05) is 11.4 Å². The summed E-state index contributed by atoms with van der Waals surface area (Å²) in [7, 11) is -4.01. The Bertz CT molecular complexity index is 1290. The second kappa shape index (κ2) is 8.91. The van der Waals surface area contributed by atoms with Crippen LogP contribution >= 0.6 is 0 Å². The number of hydrogen-bond acceptors (Lipinski definition) is 7. The number of rotatable bonds is 7. The Hall–Kier alpha value is -4.17. The van der Waals surface area contributed by atoms with Crippen LogP contribution in [-0.4, -0.2) is 8.42 Å². The van der Waals surface area contributed by atoms with Gasteiger partial charge in [-0.15, -0.1) is 0 Å². The van der Waals surface area contributed by atoms with Crippen molar-refractivity contribution < 1.29 is 22.1 Å². The van der Waals surface area contributed by atoms with Gasteiger partial charge in [-0.3, -0.25) is 0 Å². The number of ether oxygens (including phenoxy) is 2. The number of hydrogen-bond donors (Lipinski definition) is 2. The van der Waals surface area contributed by atoms with Crippen LogP contribution in [-0.2, 0) is 10.1 Å². The molecule has 0 unspecified atom stereocenters. The standard InChI is InChI=1S/C24H20N2O5S/c25-17-1-5-19(6-2-17)29-21-9-11-23(12-10-21)31-32(27,28)24-15-13-22(14-16-24)30-20-7-3-18(26)4-8-20/h1-16H,25-26H2. The molecule has 162 valence electrons. The van der Waals surface area contributed by atoms with Gasteiger partial charge in [0.2, 0.25) is 0 Å². The predicted molar refractivity (Wildman–Crippen MR) is 123 cm³/mol. The number of anilines is 2. The van der Waals surface area contributed by atoms with E-state index < -0.39 is 10.1 Å². The lowest BCUT2D eigenvalue weighted by Crippen LogP contribution is -2.09. The molecule has 0 aliphatic heterocycles. The normalized spacial score (nSPS) is 11.0. The van der Waals surface area contributed by atoms with Crippen LogP contribution in [0.3, 0.4) is 0 Å². The third-order valence-corrected chi connectivity index (χ3v) is 5.64. The first-order valence-electron chi connectivity index (χ1n) is 9.59. The molecule has 0 aliphatic carbocycles. The van der Waals surface area contributed by atoms with Crippen molar-refractivity contribution in [1.82, 2.24) is 0 Å². The maximum Gasteiger partial charge on any atom is 0.339 e. The molecular weight excluding hydrogens is 428 g/mol. The second-order valence-corrected chi connectivity index (χ2v) is 8.37. The SMILES string of the molecule is Nc1ccc(Oc2ccc(OS(=O)(=O)c3ccc(Oc4ccc(N)cc4)cc3)cc2)cc1. The maximum atomic E-state index is 12.6. The molecule has 4 rings (SSSR count). The van der Waals surface area contributed by atoms with E-state index >= 15 is 0 Å². The Morgan fingerprint density at radius 3 is 1.19 bits per heavy atom. The molecule has 8 heteroatoms. The van der Waals surface area contributed by atoms with Crippen LogP contribution in [0.1, 0.15) is 0 Å². The molecule has 0 spiro atoms. The summed E-state index contributed by atoms with van der Waals surface area (Å²) in [5, 5.41) is 0. The first-order valence-corrected chi connectivity index (χ1v) is 11.0. The summed E-state index contributed by atoms with van der Waals surface area (Å²) in [4.78, 5) is 0.00403. The summed E-state index contributed by atoms with van der Waals surface area (Å²) in [5.41, 5.74) is 12.6. The molecule has 0 heterocycles. The number of nitrogen functional groups attached to an aromatic ring is 2. The van der Waals surface area contributed by atoms with Gasteiger partial charge in [0.25, 0.3) is 0 Å².